The molecule has 1 aliphatic rings. The van der Waals surface area contributed by atoms with E-state index in [0.29, 0.717) is 5.92 Å². The summed E-state index contributed by atoms with van der Waals surface area (Å²) in [6, 6.07) is 0. The molecule has 0 saturated carbocycles. The van der Waals surface area contributed by atoms with Gasteiger partial charge in [-0.25, -0.2) is 4.98 Å². The summed E-state index contributed by atoms with van der Waals surface area (Å²) in [5.74, 6) is 1.52. The van der Waals surface area contributed by atoms with Crippen molar-refractivity contribution in [2.75, 3.05) is 46.6 Å². The van der Waals surface area contributed by atoms with Gasteiger partial charge in [-0.2, -0.15) is 0 Å². The Kier molecular flexibility index (Phi) is 9.09. The molecule has 0 unspecified atom stereocenters. The van der Waals surface area contributed by atoms with Gasteiger partial charge in [0.1, 0.15) is 0 Å². The van der Waals surface area contributed by atoms with E-state index >= 15 is 0 Å². The third-order valence-electron chi connectivity index (χ3n) is 4.02. The summed E-state index contributed by atoms with van der Waals surface area (Å²) >= 11 is 1.70. The molecule has 136 valence electrons. The lowest BCUT2D eigenvalue weighted by molar-refractivity contribution is 0.0203. The molecule has 1 fully saturated rings. The summed E-state index contributed by atoms with van der Waals surface area (Å²) in [4.78, 5) is 8.70. The normalized spacial score (nSPS) is 16.3. The number of hydrogen-bond donors (Lipinski definition) is 2. The Morgan fingerprint density at radius 2 is 2.17 bits per heavy atom. The maximum absolute atomic E-state index is 5.77. The van der Waals surface area contributed by atoms with Crippen LogP contribution >= 0.6 is 11.3 Å². The first-order chi connectivity index (χ1) is 11.8. The van der Waals surface area contributed by atoms with Crippen LogP contribution in [0.25, 0.3) is 0 Å². The number of ether oxygens (including phenoxy) is 2. The Balaban J connectivity index is 1.47. The van der Waals surface area contributed by atoms with Crippen LogP contribution in [-0.4, -0.2) is 57.5 Å². The highest BCUT2D eigenvalue weighted by atomic mass is 32.1. The Morgan fingerprint density at radius 1 is 1.38 bits per heavy atom. The summed E-state index contributed by atoms with van der Waals surface area (Å²) in [6.45, 7) is 7.16. The van der Waals surface area contributed by atoms with Crippen LogP contribution in [0.2, 0.25) is 0 Å². The smallest absolute Gasteiger partial charge is 0.190 e. The monoisotopic (exact) mass is 354 g/mol. The zero-order valence-corrected chi connectivity index (χ0v) is 15.7. The molecule has 1 aromatic rings. The summed E-state index contributed by atoms with van der Waals surface area (Å²) < 4.78 is 11.1. The Labute approximate surface area is 149 Å². The van der Waals surface area contributed by atoms with Crippen LogP contribution < -0.4 is 10.6 Å². The number of aromatic nitrogens is 1. The number of thiazole rings is 1. The molecule has 2 rings (SSSR count). The molecule has 0 spiro atoms. The maximum atomic E-state index is 5.77. The second-order valence-corrected chi connectivity index (χ2v) is 7.08. The fraction of sp³-hybridized carbons (Fsp3) is 0.765. The van der Waals surface area contributed by atoms with E-state index in [1.165, 1.54) is 0 Å². The van der Waals surface area contributed by atoms with Crippen molar-refractivity contribution in [1.82, 2.24) is 15.6 Å². The first kappa shape index (κ1) is 19.1. The molecule has 1 saturated heterocycles. The molecule has 1 aromatic heterocycles. The second-order valence-electron chi connectivity index (χ2n) is 6.02. The molecule has 2 heterocycles. The van der Waals surface area contributed by atoms with E-state index in [-0.39, 0.29) is 0 Å². The predicted molar refractivity (Wildman–Crippen MR) is 98.9 cm³/mol. The number of guanidine groups is 1. The van der Waals surface area contributed by atoms with Gasteiger partial charge in [0.25, 0.3) is 0 Å². The molecule has 0 amide bonds. The van der Waals surface area contributed by atoms with E-state index in [1.54, 1.807) is 18.4 Å². The maximum Gasteiger partial charge on any atom is 0.190 e. The molecule has 0 bridgehead atoms. The summed E-state index contributed by atoms with van der Waals surface area (Å²) in [5.41, 5.74) is 1.14. The molecule has 6 nitrogen and oxygen atoms in total. The molecule has 0 radical (unpaired) electrons. The van der Waals surface area contributed by atoms with Gasteiger partial charge in [-0.15, -0.1) is 11.3 Å². The molecular weight excluding hydrogens is 324 g/mol. The molecule has 24 heavy (non-hydrogen) atoms. The van der Waals surface area contributed by atoms with Crippen molar-refractivity contribution in [1.29, 1.82) is 0 Å². The van der Waals surface area contributed by atoms with Crippen molar-refractivity contribution in [2.45, 2.75) is 32.6 Å². The van der Waals surface area contributed by atoms with Crippen molar-refractivity contribution in [3.8, 4) is 0 Å². The molecule has 0 atom stereocenters. The first-order valence-electron chi connectivity index (χ1n) is 8.79. The molecule has 7 heteroatoms. The number of nitrogens with zero attached hydrogens (tertiary/aromatic N) is 2. The quantitative estimate of drug-likeness (QED) is 0.403. The highest BCUT2D eigenvalue weighted by Crippen LogP contribution is 2.14. The van der Waals surface area contributed by atoms with Crippen molar-refractivity contribution >= 4 is 17.3 Å². The van der Waals surface area contributed by atoms with Gasteiger partial charge in [0.05, 0.1) is 10.7 Å². The van der Waals surface area contributed by atoms with Crippen LogP contribution in [0, 0.1) is 12.8 Å². The Bertz CT molecular complexity index is 487. The largest absolute Gasteiger partial charge is 0.381 e. The minimum atomic E-state index is 0.676. The SMILES string of the molecule is CN=C(NCCCOCC1CCOCC1)NCCc1csc(C)n1. The van der Waals surface area contributed by atoms with Gasteiger partial charge in [0.2, 0.25) is 0 Å². The standard InChI is InChI=1S/C17H30N4O2S/c1-14-21-16(13-24-14)4-8-20-17(18-2)19-7-3-9-23-12-15-5-10-22-11-6-15/h13,15H,3-12H2,1-2H3,(H2,18,19,20). The molecule has 0 aliphatic carbocycles. The average molecular weight is 355 g/mol. The number of aliphatic imine (C=N–C) groups is 1. The number of hydrogen-bond acceptors (Lipinski definition) is 5. The minimum Gasteiger partial charge on any atom is -0.381 e. The van der Waals surface area contributed by atoms with Crippen molar-refractivity contribution in [3.05, 3.63) is 16.1 Å². The fourth-order valence-electron chi connectivity index (χ4n) is 2.60. The molecule has 0 aromatic carbocycles. The Hall–Kier alpha value is -1.18. The van der Waals surface area contributed by atoms with E-state index in [0.717, 1.165) is 81.9 Å². The van der Waals surface area contributed by atoms with Crippen LogP contribution in [-0.2, 0) is 15.9 Å². The highest BCUT2D eigenvalue weighted by Gasteiger charge is 2.13. The third kappa shape index (κ3) is 7.59. The summed E-state index contributed by atoms with van der Waals surface area (Å²) in [6.07, 6.45) is 4.16. The third-order valence-corrected chi connectivity index (χ3v) is 4.84. The number of rotatable bonds is 9. The number of aryl methyl sites for hydroxylation is 1. The van der Waals surface area contributed by atoms with Gasteiger partial charge in [0, 0.05) is 58.4 Å². The van der Waals surface area contributed by atoms with Gasteiger partial charge in [-0.3, -0.25) is 4.99 Å². The van der Waals surface area contributed by atoms with E-state index in [2.05, 4.69) is 26.0 Å². The summed E-state index contributed by atoms with van der Waals surface area (Å²) in [7, 11) is 1.80. The topological polar surface area (TPSA) is 67.8 Å². The highest BCUT2D eigenvalue weighted by molar-refractivity contribution is 7.09. The van der Waals surface area contributed by atoms with E-state index in [4.69, 9.17) is 9.47 Å². The van der Waals surface area contributed by atoms with Crippen LogP contribution in [0.5, 0.6) is 0 Å². The molecule has 2 N–H and O–H groups in total. The van der Waals surface area contributed by atoms with E-state index < -0.39 is 0 Å². The van der Waals surface area contributed by atoms with Crippen molar-refractivity contribution in [3.63, 3.8) is 0 Å². The minimum absolute atomic E-state index is 0.676. The Morgan fingerprint density at radius 3 is 2.88 bits per heavy atom. The van der Waals surface area contributed by atoms with Gasteiger partial charge in [-0.05, 0) is 32.1 Å². The number of nitrogens with one attached hydrogen (secondary N) is 2. The van der Waals surface area contributed by atoms with Crippen LogP contribution in [0.15, 0.2) is 10.4 Å². The lowest BCUT2D eigenvalue weighted by Gasteiger charge is -2.21. The van der Waals surface area contributed by atoms with Crippen molar-refractivity contribution < 1.29 is 9.47 Å². The van der Waals surface area contributed by atoms with Crippen LogP contribution in [0.1, 0.15) is 30.0 Å². The van der Waals surface area contributed by atoms with Crippen LogP contribution in [0.3, 0.4) is 0 Å². The van der Waals surface area contributed by atoms with Gasteiger partial charge >= 0.3 is 0 Å². The van der Waals surface area contributed by atoms with Crippen molar-refractivity contribution in [2.24, 2.45) is 10.9 Å². The molecular formula is C17H30N4O2S. The first-order valence-corrected chi connectivity index (χ1v) is 9.67. The fourth-order valence-corrected chi connectivity index (χ4v) is 3.24. The van der Waals surface area contributed by atoms with E-state index in [9.17, 15) is 0 Å². The summed E-state index contributed by atoms with van der Waals surface area (Å²) in [5, 5.41) is 9.87. The van der Waals surface area contributed by atoms with Gasteiger partial charge < -0.3 is 20.1 Å². The van der Waals surface area contributed by atoms with E-state index in [1.807, 2.05) is 6.92 Å². The molecule has 1 aliphatic heterocycles. The lowest BCUT2D eigenvalue weighted by atomic mass is 10.0. The van der Waals surface area contributed by atoms with Crippen LogP contribution in [0.4, 0.5) is 0 Å². The van der Waals surface area contributed by atoms with Gasteiger partial charge in [0.15, 0.2) is 5.96 Å². The van der Waals surface area contributed by atoms with Gasteiger partial charge in [-0.1, -0.05) is 0 Å². The zero-order chi connectivity index (χ0) is 17.0. The lowest BCUT2D eigenvalue weighted by Crippen LogP contribution is -2.39. The zero-order valence-electron chi connectivity index (χ0n) is 14.8. The average Bonchev–Trinajstić information content (AvgIpc) is 3.02. The predicted octanol–water partition coefficient (Wildman–Crippen LogP) is 1.99. The second kappa shape index (κ2) is 11.4.